The molecule has 1 aromatic carbocycles. The Morgan fingerprint density at radius 3 is 2.61 bits per heavy atom. The molecule has 1 aromatic heterocycles. The van der Waals surface area contributed by atoms with Crippen LogP contribution in [0.15, 0.2) is 40.5 Å². The number of aliphatic hydroxyl groups excluding tert-OH is 1. The van der Waals surface area contributed by atoms with E-state index >= 15 is 0 Å². The van der Waals surface area contributed by atoms with Crippen LogP contribution < -0.4 is 0 Å². The predicted molar refractivity (Wildman–Crippen MR) is 95.1 cm³/mol. The van der Waals surface area contributed by atoms with E-state index in [0.717, 1.165) is 14.2 Å². The molecule has 13 heteroatoms. The standard InChI is InChI=1S/C15H15N2O9PS/c1-24-27(22,25-2)11-10(18)12(19)26-15(11,13(20)21)7-28(23)14-16-8-5-3-4-6-9(8)17-14/h3-6,18H,7H2,1-2H3,(H,16,17)(H,20,21). The number of cyclic esters (lactones) is 1. The van der Waals surface area contributed by atoms with Crippen molar-refractivity contribution in [3.8, 4) is 0 Å². The van der Waals surface area contributed by atoms with Crippen LogP contribution in [0.3, 0.4) is 0 Å². The minimum atomic E-state index is -4.44. The number of H-pyrrole nitrogens is 1. The number of aliphatic hydroxyl groups is 1. The van der Waals surface area contributed by atoms with Crippen molar-refractivity contribution in [3.63, 3.8) is 0 Å². The van der Waals surface area contributed by atoms with E-state index in [1.165, 1.54) is 0 Å². The Balaban J connectivity index is 2.07. The molecule has 150 valence electrons. The second-order valence-corrected chi connectivity index (χ2v) is 9.17. The van der Waals surface area contributed by atoms with Crippen molar-refractivity contribution in [1.82, 2.24) is 9.97 Å². The molecule has 1 aliphatic rings. The van der Waals surface area contributed by atoms with Crippen molar-refractivity contribution >= 4 is 41.7 Å². The van der Waals surface area contributed by atoms with E-state index < -0.39 is 53.1 Å². The summed E-state index contributed by atoms with van der Waals surface area (Å²) >= 11 is -2.16. The normalized spacial score (nSPS) is 21.2. The van der Waals surface area contributed by atoms with Crippen molar-refractivity contribution in [2.75, 3.05) is 20.0 Å². The van der Waals surface area contributed by atoms with Gasteiger partial charge in [-0.25, -0.2) is 9.59 Å². The number of hydrogen-bond donors (Lipinski definition) is 3. The van der Waals surface area contributed by atoms with Gasteiger partial charge in [-0.05, 0) is 12.1 Å². The van der Waals surface area contributed by atoms with Gasteiger partial charge in [0.15, 0.2) is 11.1 Å². The van der Waals surface area contributed by atoms with Crippen LogP contribution in [-0.4, -0.2) is 62.2 Å². The van der Waals surface area contributed by atoms with Gasteiger partial charge in [0.05, 0.1) is 11.0 Å². The first-order valence-electron chi connectivity index (χ1n) is 7.64. The summed E-state index contributed by atoms with van der Waals surface area (Å²) in [6.45, 7) is 0. The lowest BCUT2D eigenvalue weighted by atomic mass is 10.1. The number of nitrogens with zero attached hydrogens (tertiary/aromatic N) is 1. The molecule has 0 spiro atoms. The molecule has 0 radical (unpaired) electrons. The molecule has 0 saturated carbocycles. The van der Waals surface area contributed by atoms with Crippen LogP contribution in [0, 0.1) is 0 Å². The number of carboxylic acid groups (broad SMARTS) is 1. The van der Waals surface area contributed by atoms with Crippen LogP contribution in [0.4, 0.5) is 0 Å². The third-order valence-corrected chi connectivity index (χ3v) is 7.46. The molecule has 0 bridgehead atoms. The summed E-state index contributed by atoms with van der Waals surface area (Å²) in [5.74, 6) is -5.37. The molecule has 3 N–H and O–H groups in total. The average molecular weight is 430 g/mol. The number of carboxylic acids is 1. The van der Waals surface area contributed by atoms with Gasteiger partial charge >= 0.3 is 24.7 Å². The Bertz CT molecular complexity index is 994. The highest BCUT2D eigenvalue weighted by Crippen LogP contribution is 2.62. The van der Waals surface area contributed by atoms with Gasteiger partial charge in [-0.1, -0.05) is 12.1 Å². The molecule has 2 aromatic rings. The van der Waals surface area contributed by atoms with Crippen molar-refractivity contribution in [2.24, 2.45) is 0 Å². The number of nitrogens with one attached hydrogen (secondary N) is 1. The van der Waals surface area contributed by atoms with E-state index in [1.54, 1.807) is 24.3 Å². The highest BCUT2D eigenvalue weighted by Gasteiger charge is 2.64. The zero-order valence-electron chi connectivity index (χ0n) is 14.6. The third-order valence-electron chi connectivity index (χ3n) is 4.08. The summed E-state index contributed by atoms with van der Waals surface area (Å²) in [6, 6.07) is 6.75. The second-order valence-electron chi connectivity index (χ2n) is 5.63. The highest BCUT2D eigenvalue weighted by molar-refractivity contribution is 7.91. The molecule has 0 saturated heterocycles. The summed E-state index contributed by atoms with van der Waals surface area (Å²) in [5, 5.41) is 18.8. The number of aromatic amines is 1. The van der Waals surface area contributed by atoms with E-state index in [9.17, 15) is 28.9 Å². The molecule has 28 heavy (non-hydrogen) atoms. The minimum absolute atomic E-state index is 0.0896. The summed E-state index contributed by atoms with van der Waals surface area (Å²) in [4.78, 5) is 30.8. The van der Waals surface area contributed by atoms with Crippen LogP contribution in [0.2, 0.25) is 0 Å². The van der Waals surface area contributed by atoms with E-state index in [-0.39, 0.29) is 5.16 Å². The number of ether oxygens (including phenoxy) is 1. The molecule has 0 fully saturated rings. The Hall–Kier alpha value is -2.37. The SMILES string of the molecule is COP(=O)(OC)C1=C(O)C(=O)OC1(C[S+]([O-])c1nc2ccccc2[nH]1)C(=O)O. The average Bonchev–Trinajstić information content (AvgIpc) is 3.21. The topological polar surface area (TPSA) is 171 Å². The number of imidazole rings is 1. The highest BCUT2D eigenvalue weighted by atomic mass is 32.2. The van der Waals surface area contributed by atoms with Crippen molar-refractivity contribution in [3.05, 3.63) is 35.3 Å². The fraction of sp³-hybridized carbons (Fsp3) is 0.267. The number of hydrogen-bond acceptors (Lipinski definition) is 9. The Morgan fingerprint density at radius 2 is 2.04 bits per heavy atom. The summed E-state index contributed by atoms with van der Waals surface area (Å²) in [7, 11) is -2.55. The molecule has 2 atom stereocenters. The number of aliphatic carboxylic acids is 1. The monoisotopic (exact) mass is 430 g/mol. The Kier molecular flexibility index (Phi) is 5.26. The van der Waals surface area contributed by atoms with Gasteiger partial charge in [0.25, 0.3) is 5.60 Å². The molecule has 11 nitrogen and oxygen atoms in total. The van der Waals surface area contributed by atoms with Crippen molar-refractivity contribution < 1.29 is 42.7 Å². The summed E-state index contributed by atoms with van der Waals surface area (Å²) in [6.07, 6.45) is 0. The number of para-hydroxylation sites is 2. The first-order chi connectivity index (χ1) is 13.2. The number of carbonyl (C=O) groups excluding carboxylic acids is 1. The maximum atomic E-state index is 12.8. The number of esters is 1. The fourth-order valence-electron chi connectivity index (χ4n) is 2.75. The van der Waals surface area contributed by atoms with Gasteiger partial charge in [-0.3, -0.25) is 9.55 Å². The summed E-state index contributed by atoms with van der Waals surface area (Å²) < 4.78 is 39.9. The van der Waals surface area contributed by atoms with Gasteiger partial charge in [-0.2, -0.15) is 4.98 Å². The van der Waals surface area contributed by atoms with E-state index in [4.69, 9.17) is 13.8 Å². The fourth-order valence-corrected chi connectivity index (χ4v) is 5.64. The largest absolute Gasteiger partial charge is 0.609 e. The van der Waals surface area contributed by atoms with Gasteiger partial charge in [0.2, 0.25) is 5.76 Å². The number of carbonyl (C=O) groups is 2. The van der Waals surface area contributed by atoms with Crippen LogP contribution in [0.1, 0.15) is 0 Å². The van der Waals surface area contributed by atoms with Gasteiger partial charge < -0.3 is 28.6 Å². The number of rotatable bonds is 7. The molecule has 2 unspecified atom stereocenters. The van der Waals surface area contributed by atoms with Gasteiger partial charge in [0, 0.05) is 25.4 Å². The maximum absolute atomic E-state index is 12.8. The van der Waals surface area contributed by atoms with Gasteiger partial charge in [-0.15, -0.1) is 0 Å². The Labute approximate surface area is 161 Å². The van der Waals surface area contributed by atoms with Crippen LogP contribution >= 0.6 is 7.60 Å². The van der Waals surface area contributed by atoms with Gasteiger partial charge in [0.1, 0.15) is 0 Å². The molecule has 0 aliphatic carbocycles. The molecule has 1 aliphatic heterocycles. The molecular weight excluding hydrogens is 415 g/mol. The van der Waals surface area contributed by atoms with E-state index in [1.807, 2.05) is 0 Å². The lowest BCUT2D eigenvalue weighted by molar-refractivity contribution is -0.165. The van der Waals surface area contributed by atoms with Crippen molar-refractivity contribution in [1.29, 1.82) is 0 Å². The quantitative estimate of drug-likeness (QED) is 0.330. The molecule has 3 rings (SSSR count). The van der Waals surface area contributed by atoms with Crippen molar-refractivity contribution in [2.45, 2.75) is 10.8 Å². The zero-order valence-corrected chi connectivity index (χ0v) is 16.3. The first-order valence-corrected chi connectivity index (χ1v) is 10.5. The number of fused-ring (bicyclic) bond motifs is 1. The number of aromatic nitrogens is 2. The zero-order chi connectivity index (χ0) is 20.7. The van der Waals surface area contributed by atoms with E-state index in [0.29, 0.717) is 11.0 Å². The third kappa shape index (κ3) is 3.09. The lowest BCUT2D eigenvalue weighted by Crippen LogP contribution is -2.47. The number of benzene rings is 1. The van der Waals surface area contributed by atoms with E-state index in [2.05, 4.69) is 9.97 Å². The second kappa shape index (κ2) is 7.22. The Morgan fingerprint density at radius 1 is 1.39 bits per heavy atom. The van der Waals surface area contributed by atoms with Crippen LogP contribution in [-0.2, 0) is 39.1 Å². The van der Waals surface area contributed by atoms with Crippen LogP contribution in [0.25, 0.3) is 11.0 Å². The molecule has 2 heterocycles. The lowest BCUT2D eigenvalue weighted by Gasteiger charge is -2.27. The molecule has 0 amide bonds. The minimum Gasteiger partial charge on any atom is -0.609 e. The summed E-state index contributed by atoms with van der Waals surface area (Å²) in [5.41, 5.74) is -1.69. The first kappa shape index (κ1) is 20.4. The molecular formula is C15H15N2O9PS. The van der Waals surface area contributed by atoms with Crippen LogP contribution in [0.5, 0.6) is 0 Å². The smallest absolute Gasteiger partial charge is 0.375 e. The maximum Gasteiger partial charge on any atom is 0.375 e. The predicted octanol–water partition coefficient (Wildman–Crippen LogP) is 1.31.